The zero-order chi connectivity index (χ0) is 12.3. The maximum Gasteiger partial charge on any atom is 0.153 e. The van der Waals surface area contributed by atoms with Crippen LogP contribution in [-0.4, -0.2) is 10.8 Å². The number of Topliss-reactive ketones (excluding diaryl/α,β-unsaturated/α-hetero) is 1. The van der Waals surface area contributed by atoms with Gasteiger partial charge in [0.25, 0.3) is 0 Å². The Hall–Kier alpha value is -1.21. The average molecular weight is 293 g/mol. The van der Waals surface area contributed by atoms with E-state index in [9.17, 15) is 10.1 Å². The van der Waals surface area contributed by atoms with E-state index in [0.717, 1.165) is 22.9 Å². The number of pyridine rings is 1. The van der Waals surface area contributed by atoms with Crippen molar-refractivity contribution in [2.45, 2.75) is 32.1 Å². The van der Waals surface area contributed by atoms with Crippen LogP contribution in [0.25, 0.3) is 0 Å². The van der Waals surface area contributed by atoms with E-state index in [2.05, 4.69) is 27.0 Å². The molecule has 1 fully saturated rings. The molecule has 88 valence electrons. The van der Waals surface area contributed by atoms with Gasteiger partial charge >= 0.3 is 0 Å². The molecule has 0 saturated heterocycles. The molecular formula is C13H13BrN2O. The third-order valence-corrected chi connectivity index (χ3v) is 3.71. The van der Waals surface area contributed by atoms with Crippen molar-refractivity contribution in [3.63, 3.8) is 0 Å². The van der Waals surface area contributed by atoms with Crippen molar-refractivity contribution in [3.8, 4) is 6.07 Å². The fraction of sp³-hybridized carbons (Fsp3) is 0.462. The Balaban J connectivity index is 2.25. The Morgan fingerprint density at radius 2 is 2.29 bits per heavy atom. The Bertz CT molecular complexity index is 481. The van der Waals surface area contributed by atoms with Crippen LogP contribution in [0.15, 0.2) is 22.9 Å². The van der Waals surface area contributed by atoms with Gasteiger partial charge in [0, 0.05) is 23.3 Å². The molecule has 1 unspecified atom stereocenters. The lowest BCUT2D eigenvalue weighted by Gasteiger charge is -2.29. The summed E-state index contributed by atoms with van der Waals surface area (Å²) in [4.78, 5) is 16.1. The summed E-state index contributed by atoms with van der Waals surface area (Å²) in [6.45, 7) is 0. The van der Waals surface area contributed by atoms with Gasteiger partial charge in [0.05, 0.1) is 6.07 Å². The highest BCUT2D eigenvalue weighted by Crippen LogP contribution is 2.36. The molecule has 1 aromatic rings. The van der Waals surface area contributed by atoms with E-state index >= 15 is 0 Å². The van der Waals surface area contributed by atoms with Crippen LogP contribution >= 0.6 is 15.9 Å². The summed E-state index contributed by atoms with van der Waals surface area (Å²) in [6, 6.07) is 4.17. The minimum Gasteiger partial charge on any atom is -0.298 e. The summed E-state index contributed by atoms with van der Waals surface area (Å²) >= 11 is 3.35. The van der Waals surface area contributed by atoms with Crippen molar-refractivity contribution in [1.82, 2.24) is 4.98 Å². The van der Waals surface area contributed by atoms with E-state index in [4.69, 9.17) is 0 Å². The van der Waals surface area contributed by atoms with Crippen LogP contribution in [0.1, 0.15) is 31.2 Å². The van der Waals surface area contributed by atoms with Crippen molar-refractivity contribution in [3.05, 3.63) is 28.5 Å². The molecule has 17 heavy (non-hydrogen) atoms. The highest BCUT2D eigenvalue weighted by Gasteiger charge is 2.40. The molecule has 0 aromatic carbocycles. The summed E-state index contributed by atoms with van der Waals surface area (Å²) in [5, 5.41) is 9.34. The molecule has 0 N–H and O–H groups in total. The van der Waals surface area contributed by atoms with Gasteiger partial charge < -0.3 is 0 Å². The molecule has 1 aromatic heterocycles. The first-order valence-electron chi connectivity index (χ1n) is 5.70. The first-order chi connectivity index (χ1) is 8.16. The molecule has 0 spiro atoms. The van der Waals surface area contributed by atoms with Crippen molar-refractivity contribution < 1.29 is 4.79 Å². The molecule has 1 atom stereocenters. The maximum absolute atomic E-state index is 12.0. The number of nitriles is 1. The van der Waals surface area contributed by atoms with Gasteiger partial charge in [-0.25, -0.2) is 0 Å². The standard InChI is InChI=1S/C13H13BrN2O/c14-11-5-10(7-16-8-11)6-13(9-15)4-2-1-3-12(13)17/h5,7-8H,1-4,6H2. The number of hydrogen-bond acceptors (Lipinski definition) is 3. The smallest absolute Gasteiger partial charge is 0.153 e. The topological polar surface area (TPSA) is 53.8 Å². The Labute approximate surface area is 109 Å². The predicted octanol–water partition coefficient (Wildman–Crippen LogP) is 3.04. The van der Waals surface area contributed by atoms with E-state index in [1.54, 1.807) is 12.4 Å². The second-order valence-corrected chi connectivity index (χ2v) is 5.43. The maximum atomic E-state index is 12.0. The molecule has 0 amide bonds. The predicted molar refractivity (Wildman–Crippen MR) is 67.2 cm³/mol. The van der Waals surface area contributed by atoms with E-state index in [1.807, 2.05) is 6.07 Å². The summed E-state index contributed by atoms with van der Waals surface area (Å²) in [5.41, 5.74) is 0.122. The minimum absolute atomic E-state index is 0.0891. The van der Waals surface area contributed by atoms with Gasteiger partial charge in [0.15, 0.2) is 5.78 Å². The third-order valence-electron chi connectivity index (χ3n) is 3.27. The van der Waals surface area contributed by atoms with Crippen molar-refractivity contribution in [2.24, 2.45) is 5.41 Å². The first kappa shape index (κ1) is 12.3. The van der Waals surface area contributed by atoms with E-state index in [-0.39, 0.29) is 5.78 Å². The van der Waals surface area contributed by atoms with Gasteiger partial charge in [-0.2, -0.15) is 5.26 Å². The van der Waals surface area contributed by atoms with Gasteiger partial charge in [-0.15, -0.1) is 0 Å². The Morgan fingerprint density at radius 1 is 1.47 bits per heavy atom. The van der Waals surface area contributed by atoms with E-state index in [0.29, 0.717) is 19.3 Å². The van der Waals surface area contributed by atoms with E-state index in [1.165, 1.54) is 0 Å². The third kappa shape index (κ3) is 2.55. The molecule has 3 nitrogen and oxygen atoms in total. The number of halogens is 1. The van der Waals surface area contributed by atoms with Crippen LogP contribution in [0.4, 0.5) is 0 Å². The zero-order valence-corrected chi connectivity index (χ0v) is 11.0. The average Bonchev–Trinajstić information content (AvgIpc) is 2.32. The van der Waals surface area contributed by atoms with Crippen molar-refractivity contribution in [2.75, 3.05) is 0 Å². The van der Waals surface area contributed by atoms with Gasteiger partial charge in [-0.1, -0.05) is 6.42 Å². The van der Waals surface area contributed by atoms with Gasteiger partial charge in [-0.05, 0) is 46.8 Å². The second kappa shape index (κ2) is 4.97. The van der Waals surface area contributed by atoms with Gasteiger partial charge in [-0.3, -0.25) is 9.78 Å². The molecule has 1 aliphatic rings. The first-order valence-corrected chi connectivity index (χ1v) is 6.50. The summed E-state index contributed by atoms with van der Waals surface area (Å²) in [7, 11) is 0. The van der Waals surface area contributed by atoms with Crippen molar-refractivity contribution >= 4 is 21.7 Å². The number of rotatable bonds is 2. The fourth-order valence-electron chi connectivity index (χ4n) is 2.34. The highest BCUT2D eigenvalue weighted by atomic mass is 79.9. The summed E-state index contributed by atoms with van der Waals surface area (Å²) in [5.74, 6) is 0.0891. The molecule has 1 saturated carbocycles. The van der Waals surface area contributed by atoms with Gasteiger partial charge in [0.2, 0.25) is 0 Å². The number of aromatic nitrogens is 1. The van der Waals surface area contributed by atoms with Crippen LogP contribution in [-0.2, 0) is 11.2 Å². The fourth-order valence-corrected chi connectivity index (χ4v) is 2.75. The van der Waals surface area contributed by atoms with Crippen LogP contribution < -0.4 is 0 Å². The molecule has 1 heterocycles. The number of ketones is 1. The molecule has 0 aliphatic heterocycles. The SMILES string of the molecule is N#CC1(Cc2cncc(Br)c2)CCCCC1=O. The normalized spacial score (nSPS) is 24.4. The number of carbonyl (C=O) groups excluding carboxylic acids is 1. The lowest BCUT2D eigenvalue weighted by atomic mass is 9.70. The zero-order valence-electron chi connectivity index (χ0n) is 9.45. The Kier molecular flexibility index (Phi) is 3.58. The monoisotopic (exact) mass is 292 g/mol. The Morgan fingerprint density at radius 3 is 2.94 bits per heavy atom. The lowest BCUT2D eigenvalue weighted by Crippen LogP contribution is -2.34. The molecule has 4 heteroatoms. The summed E-state index contributed by atoms with van der Waals surface area (Å²) < 4.78 is 0.881. The second-order valence-electron chi connectivity index (χ2n) is 4.51. The molecule has 0 radical (unpaired) electrons. The van der Waals surface area contributed by atoms with Crippen LogP contribution in [0.2, 0.25) is 0 Å². The number of hydrogen-bond donors (Lipinski definition) is 0. The molecular weight excluding hydrogens is 280 g/mol. The lowest BCUT2D eigenvalue weighted by molar-refractivity contribution is -0.128. The quantitative estimate of drug-likeness (QED) is 0.842. The number of carbonyl (C=O) groups is 1. The molecule has 2 rings (SSSR count). The van der Waals surface area contributed by atoms with Crippen LogP contribution in [0.3, 0.4) is 0 Å². The van der Waals surface area contributed by atoms with E-state index < -0.39 is 5.41 Å². The molecule has 1 aliphatic carbocycles. The largest absolute Gasteiger partial charge is 0.298 e. The number of nitrogens with zero attached hydrogens (tertiary/aromatic N) is 2. The van der Waals surface area contributed by atoms with Crippen molar-refractivity contribution in [1.29, 1.82) is 5.26 Å². The minimum atomic E-state index is -0.819. The highest BCUT2D eigenvalue weighted by molar-refractivity contribution is 9.10. The molecule has 0 bridgehead atoms. The summed E-state index contributed by atoms with van der Waals surface area (Å²) in [6.07, 6.45) is 7.00. The van der Waals surface area contributed by atoms with Gasteiger partial charge in [0.1, 0.15) is 5.41 Å². The van der Waals surface area contributed by atoms with Crippen LogP contribution in [0.5, 0.6) is 0 Å². The van der Waals surface area contributed by atoms with Crippen LogP contribution in [0, 0.1) is 16.7 Å².